The Morgan fingerprint density at radius 2 is 2.06 bits per heavy atom. The van der Waals surface area contributed by atoms with Gasteiger partial charge in [-0.15, -0.1) is 11.8 Å². The van der Waals surface area contributed by atoms with E-state index in [2.05, 4.69) is 61.4 Å². The Kier molecular flexibility index (Phi) is 4.13. The maximum Gasteiger partial charge on any atom is 0.0735 e. The molecule has 0 bridgehead atoms. The minimum atomic E-state index is 0.524. The molecule has 0 spiro atoms. The van der Waals surface area contributed by atoms with Crippen molar-refractivity contribution in [2.24, 2.45) is 0 Å². The second kappa shape index (κ2) is 5.61. The Labute approximate surface area is 107 Å². The molecule has 0 aliphatic carbocycles. The Hall–Kier alpha value is -0.930. The molecule has 1 aromatic carbocycles. The van der Waals surface area contributed by atoms with Crippen molar-refractivity contribution in [3.05, 3.63) is 30.3 Å². The van der Waals surface area contributed by atoms with Gasteiger partial charge in [-0.05, 0) is 25.6 Å². The molecule has 2 rings (SSSR count). The number of aromatic nitrogens is 1. The van der Waals surface area contributed by atoms with Crippen molar-refractivity contribution in [3.63, 3.8) is 0 Å². The SMILES string of the molecule is CCNC(C)C(C)Sc1cc2ccccc2[nH]1. The van der Waals surface area contributed by atoms with Gasteiger partial charge in [-0.3, -0.25) is 0 Å². The first-order valence-corrected chi connectivity index (χ1v) is 7.06. The minimum absolute atomic E-state index is 0.524. The van der Waals surface area contributed by atoms with Gasteiger partial charge >= 0.3 is 0 Å². The van der Waals surface area contributed by atoms with Gasteiger partial charge in [-0.2, -0.15) is 0 Å². The van der Waals surface area contributed by atoms with Crippen LogP contribution in [0.4, 0.5) is 0 Å². The summed E-state index contributed by atoms with van der Waals surface area (Å²) in [5, 5.41) is 6.57. The lowest BCUT2D eigenvalue weighted by molar-refractivity contribution is 0.563. The normalized spacial score (nSPS) is 15.0. The number of fused-ring (bicyclic) bond motifs is 1. The molecule has 2 nitrogen and oxygen atoms in total. The second-order valence-corrected chi connectivity index (χ2v) is 5.81. The summed E-state index contributed by atoms with van der Waals surface area (Å²) in [5.74, 6) is 0. The highest BCUT2D eigenvalue weighted by molar-refractivity contribution is 7.99. The van der Waals surface area contributed by atoms with Gasteiger partial charge in [0.2, 0.25) is 0 Å². The number of nitrogens with one attached hydrogen (secondary N) is 2. The van der Waals surface area contributed by atoms with E-state index in [9.17, 15) is 0 Å². The van der Waals surface area contributed by atoms with Gasteiger partial charge in [0.25, 0.3) is 0 Å². The average molecular weight is 248 g/mol. The summed E-state index contributed by atoms with van der Waals surface area (Å²) in [4.78, 5) is 3.46. The topological polar surface area (TPSA) is 27.8 Å². The fourth-order valence-electron chi connectivity index (χ4n) is 1.90. The lowest BCUT2D eigenvalue weighted by Gasteiger charge is -2.19. The summed E-state index contributed by atoms with van der Waals surface area (Å²) in [7, 11) is 0. The Morgan fingerprint density at radius 3 is 2.76 bits per heavy atom. The Balaban J connectivity index is 2.07. The van der Waals surface area contributed by atoms with Crippen molar-refractivity contribution in [2.45, 2.75) is 37.1 Å². The highest BCUT2D eigenvalue weighted by Gasteiger charge is 2.13. The van der Waals surface area contributed by atoms with Crippen LogP contribution in [0.2, 0.25) is 0 Å². The van der Waals surface area contributed by atoms with Crippen molar-refractivity contribution < 1.29 is 0 Å². The zero-order chi connectivity index (χ0) is 12.3. The molecule has 1 heterocycles. The number of benzene rings is 1. The summed E-state index contributed by atoms with van der Waals surface area (Å²) in [6.45, 7) is 7.68. The molecule has 2 N–H and O–H groups in total. The van der Waals surface area contributed by atoms with Gasteiger partial charge in [-0.25, -0.2) is 0 Å². The van der Waals surface area contributed by atoms with Gasteiger partial charge in [0.1, 0.15) is 0 Å². The average Bonchev–Trinajstić information content (AvgIpc) is 2.71. The summed E-state index contributed by atoms with van der Waals surface area (Å²) in [6.07, 6.45) is 0. The van der Waals surface area contributed by atoms with E-state index in [4.69, 9.17) is 0 Å². The minimum Gasteiger partial charge on any atom is -0.350 e. The van der Waals surface area contributed by atoms with E-state index in [1.165, 1.54) is 15.9 Å². The van der Waals surface area contributed by atoms with Crippen molar-refractivity contribution in [2.75, 3.05) is 6.54 Å². The van der Waals surface area contributed by atoms with E-state index in [1.54, 1.807) is 0 Å². The van der Waals surface area contributed by atoms with Crippen LogP contribution >= 0.6 is 11.8 Å². The smallest absolute Gasteiger partial charge is 0.0735 e. The number of rotatable bonds is 5. The van der Waals surface area contributed by atoms with Gasteiger partial charge < -0.3 is 10.3 Å². The van der Waals surface area contributed by atoms with E-state index in [0.717, 1.165) is 6.54 Å². The molecule has 2 aromatic rings. The van der Waals surface area contributed by atoms with Gasteiger partial charge in [0.15, 0.2) is 0 Å². The zero-order valence-electron chi connectivity index (χ0n) is 10.7. The van der Waals surface area contributed by atoms with E-state index in [-0.39, 0.29) is 0 Å². The van der Waals surface area contributed by atoms with Crippen molar-refractivity contribution in [3.8, 4) is 0 Å². The Bertz CT molecular complexity index is 445. The number of hydrogen-bond acceptors (Lipinski definition) is 2. The molecule has 0 aliphatic heterocycles. The number of H-pyrrole nitrogens is 1. The first-order chi connectivity index (χ1) is 8.20. The van der Waals surface area contributed by atoms with Crippen molar-refractivity contribution >= 4 is 22.7 Å². The van der Waals surface area contributed by atoms with E-state index < -0.39 is 0 Å². The molecule has 0 saturated carbocycles. The molecule has 0 fully saturated rings. The predicted octanol–water partition coefficient (Wildman–Crippen LogP) is 3.65. The molecule has 0 radical (unpaired) electrons. The van der Waals surface area contributed by atoms with Crippen LogP contribution < -0.4 is 5.32 Å². The van der Waals surface area contributed by atoms with Crippen LogP contribution in [-0.2, 0) is 0 Å². The van der Waals surface area contributed by atoms with Crippen LogP contribution in [-0.4, -0.2) is 22.8 Å². The maximum absolute atomic E-state index is 3.46. The molecule has 17 heavy (non-hydrogen) atoms. The number of aromatic amines is 1. The molecule has 0 saturated heterocycles. The summed E-state index contributed by atoms with van der Waals surface area (Å²) in [6, 6.07) is 11.2. The molecule has 92 valence electrons. The Morgan fingerprint density at radius 1 is 1.29 bits per heavy atom. The molecule has 0 amide bonds. The molecular weight excluding hydrogens is 228 g/mol. The molecular formula is C14H20N2S. The zero-order valence-corrected chi connectivity index (χ0v) is 11.5. The monoisotopic (exact) mass is 248 g/mol. The third-order valence-corrected chi connectivity index (χ3v) is 4.30. The lowest BCUT2D eigenvalue weighted by Crippen LogP contribution is -2.33. The largest absolute Gasteiger partial charge is 0.350 e. The fraction of sp³-hybridized carbons (Fsp3) is 0.429. The first-order valence-electron chi connectivity index (χ1n) is 6.18. The van der Waals surface area contributed by atoms with Crippen molar-refractivity contribution in [1.29, 1.82) is 0 Å². The van der Waals surface area contributed by atoms with Crippen LogP contribution in [0.15, 0.2) is 35.4 Å². The molecule has 3 heteroatoms. The number of thioether (sulfide) groups is 1. The molecule has 2 unspecified atom stereocenters. The van der Waals surface area contributed by atoms with Crippen LogP contribution in [0.25, 0.3) is 10.9 Å². The summed E-state index contributed by atoms with van der Waals surface area (Å²) < 4.78 is 0. The van der Waals surface area contributed by atoms with Gasteiger partial charge in [0, 0.05) is 22.2 Å². The van der Waals surface area contributed by atoms with Crippen LogP contribution in [0, 0.1) is 0 Å². The van der Waals surface area contributed by atoms with E-state index >= 15 is 0 Å². The van der Waals surface area contributed by atoms with Crippen LogP contribution in [0.3, 0.4) is 0 Å². The highest BCUT2D eigenvalue weighted by atomic mass is 32.2. The van der Waals surface area contributed by atoms with E-state index in [0.29, 0.717) is 11.3 Å². The maximum atomic E-state index is 3.46. The van der Waals surface area contributed by atoms with Crippen LogP contribution in [0.1, 0.15) is 20.8 Å². The fourth-order valence-corrected chi connectivity index (χ4v) is 2.97. The summed E-state index contributed by atoms with van der Waals surface area (Å²) in [5.41, 5.74) is 1.22. The first kappa shape index (κ1) is 12.5. The van der Waals surface area contributed by atoms with Crippen molar-refractivity contribution in [1.82, 2.24) is 10.3 Å². The van der Waals surface area contributed by atoms with Crippen LogP contribution in [0.5, 0.6) is 0 Å². The second-order valence-electron chi connectivity index (χ2n) is 4.39. The highest BCUT2D eigenvalue weighted by Crippen LogP contribution is 2.27. The quantitative estimate of drug-likeness (QED) is 0.791. The molecule has 0 aliphatic rings. The van der Waals surface area contributed by atoms with Gasteiger partial charge in [-0.1, -0.05) is 32.0 Å². The number of hydrogen-bond donors (Lipinski definition) is 2. The van der Waals surface area contributed by atoms with Gasteiger partial charge in [0.05, 0.1) is 5.03 Å². The van der Waals surface area contributed by atoms with E-state index in [1.807, 2.05) is 11.8 Å². The number of para-hydroxylation sites is 1. The molecule has 2 atom stereocenters. The summed E-state index contributed by atoms with van der Waals surface area (Å²) >= 11 is 1.90. The third kappa shape index (κ3) is 3.05. The standard InChI is InChI=1S/C14H20N2S/c1-4-15-10(2)11(3)17-14-9-12-7-5-6-8-13(12)16-14/h5-11,15-16H,4H2,1-3H3. The lowest BCUT2D eigenvalue weighted by atomic mass is 10.2. The predicted molar refractivity (Wildman–Crippen MR) is 76.8 cm³/mol. The molecule has 1 aromatic heterocycles. The third-order valence-electron chi connectivity index (χ3n) is 3.05.